The van der Waals surface area contributed by atoms with Crippen LogP contribution in [0.2, 0.25) is 0 Å². The fourth-order valence-electron chi connectivity index (χ4n) is 6.58. The first-order chi connectivity index (χ1) is 27.1. The zero-order valence-corrected chi connectivity index (χ0v) is 25.8. The van der Waals surface area contributed by atoms with Gasteiger partial charge in [0, 0.05) is 27.5 Å². The second-order valence-electron chi connectivity index (χ2n) is 11.9. The summed E-state index contributed by atoms with van der Waals surface area (Å²) in [7, 11) is 0. The van der Waals surface area contributed by atoms with Crippen molar-refractivity contribution in [3.8, 4) is 45.3 Å². The molecule has 0 bridgehead atoms. The van der Waals surface area contributed by atoms with E-state index in [1.165, 1.54) is 18.2 Å². The van der Waals surface area contributed by atoms with E-state index in [1.54, 1.807) is 6.07 Å². The van der Waals surface area contributed by atoms with Gasteiger partial charge in [-0.15, -0.1) is 0 Å². The van der Waals surface area contributed by atoms with Crippen molar-refractivity contribution in [3.63, 3.8) is 0 Å². The van der Waals surface area contributed by atoms with Gasteiger partial charge >= 0.3 is 0 Å². The average molecular weight is 633 g/mol. The van der Waals surface area contributed by atoms with E-state index in [1.807, 2.05) is 97.1 Å². The minimum atomic E-state index is -0.143. The molecule has 0 amide bonds. The van der Waals surface area contributed by atoms with E-state index in [2.05, 4.69) is 0 Å². The summed E-state index contributed by atoms with van der Waals surface area (Å²) < 4.78 is 67.9. The van der Waals surface area contributed by atoms with Gasteiger partial charge in [-0.05, 0) is 73.8 Å². The van der Waals surface area contributed by atoms with E-state index in [0.29, 0.717) is 66.7 Å². The highest BCUT2D eigenvalue weighted by Gasteiger charge is 2.16. The van der Waals surface area contributed by atoms with Gasteiger partial charge in [-0.3, -0.25) is 0 Å². The Bertz CT molecular complexity index is 3220. The molecular weight excluding hydrogens is 599 g/mol. The van der Waals surface area contributed by atoms with Crippen LogP contribution in [0.1, 0.15) is 9.60 Å². The third-order valence-electron chi connectivity index (χ3n) is 8.95. The van der Waals surface area contributed by atoms with Crippen LogP contribution >= 0.6 is 0 Å². The van der Waals surface area contributed by atoms with Gasteiger partial charge in [0.2, 0.25) is 0 Å². The Hall–Kier alpha value is -6.65. The molecule has 0 atom stereocenters. The molecular formula is C45H27N3O. The lowest BCUT2D eigenvalue weighted by molar-refractivity contribution is 0.669. The number of aromatic nitrogens is 3. The van der Waals surface area contributed by atoms with Crippen molar-refractivity contribution in [2.24, 2.45) is 0 Å². The molecule has 4 nitrogen and oxygen atoms in total. The van der Waals surface area contributed by atoms with Crippen LogP contribution in [0.4, 0.5) is 0 Å². The van der Waals surface area contributed by atoms with Crippen molar-refractivity contribution in [1.82, 2.24) is 15.0 Å². The lowest BCUT2D eigenvalue weighted by atomic mass is 9.92. The number of hydrogen-bond acceptors (Lipinski definition) is 4. The number of fused-ring (bicyclic) bond motifs is 9. The van der Waals surface area contributed by atoms with Gasteiger partial charge in [-0.1, -0.05) is 133 Å². The summed E-state index contributed by atoms with van der Waals surface area (Å²) in [5, 5.41) is 4.08. The highest BCUT2D eigenvalue weighted by molar-refractivity contribution is 6.25. The Labute approximate surface area is 291 Å². The molecule has 0 aliphatic carbocycles. The van der Waals surface area contributed by atoms with Crippen LogP contribution in [0.15, 0.2) is 168 Å². The fourth-order valence-corrected chi connectivity index (χ4v) is 6.58. The smallest absolute Gasteiger partial charge is 0.164 e. The molecule has 0 spiro atoms. The average Bonchev–Trinajstić information content (AvgIpc) is 3.58. The first-order valence-corrected chi connectivity index (χ1v) is 15.9. The van der Waals surface area contributed by atoms with Crippen LogP contribution in [0, 0.1) is 0 Å². The maximum atomic E-state index is 9.54. The summed E-state index contributed by atoms with van der Waals surface area (Å²) in [6.07, 6.45) is 0. The maximum absolute atomic E-state index is 9.54. The Balaban J connectivity index is 1.15. The van der Waals surface area contributed by atoms with E-state index >= 15 is 0 Å². The molecule has 0 aliphatic heterocycles. The third kappa shape index (κ3) is 4.57. The van der Waals surface area contributed by atoms with E-state index in [0.717, 1.165) is 27.5 Å². The molecule has 2 heterocycles. The number of rotatable bonds is 4. The molecule has 0 fully saturated rings. The summed E-state index contributed by atoms with van der Waals surface area (Å²) in [4.78, 5) is 14.5. The number of benzene rings is 8. The van der Waals surface area contributed by atoms with Gasteiger partial charge in [0.25, 0.3) is 0 Å². The monoisotopic (exact) mass is 632 g/mol. The standard InChI is InChI=1S/C45H27N3O/c1-3-11-28(12-4-1)43-46-44(29-13-5-2-6-14-29)48-45(47-43)32-21-24-39-38-23-20-31(26-41(38)49-42(39)27-32)30-19-22-37-35-17-8-7-15-33(35)34-16-9-10-18-36(34)40(37)25-30/h1-27H/i7D,8D,9D,16D,18D,19D,25D. The topological polar surface area (TPSA) is 51.8 Å². The first-order valence-electron chi connectivity index (χ1n) is 19.4. The van der Waals surface area contributed by atoms with E-state index in [9.17, 15) is 2.74 Å². The molecule has 2 aromatic heterocycles. The molecule has 228 valence electrons. The summed E-state index contributed by atoms with van der Waals surface area (Å²) in [6, 6.07) is 36.5. The molecule has 0 unspecified atom stereocenters. The lowest BCUT2D eigenvalue weighted by Gasteiger charge is -2.12. The van der Waals surface area contributed by atoms with E-state index in [-0.39, 0.29) is 47.7 Å². The largest absolute Gasteiger partial charge is 0.456 e. The second-order valence-corrected chi connectivity index (χ2v) is 11.9. The van der Waals surface area contributed by atoms with Crippen molar-refractivity contribution in [2.45, 2.75) is 0 Å². The molecule has 10 rings (SSSR count). The van der Waals surface area contributed by atoms with Crippen molar-refractivity contribution in [3.05, 3.63) is 164 Å². The Morgan fingerprint density at radius 2 is 0.918 bits per heavy atom. The molecule has 10 aromatic rings. The van der Waals surface area contributed by atoms with Crippen molar-refractivity contribution < 1.29 is 14.0 Å². The fraction of sp³-hybridized carbons (Fsp3) is 0. The predicted molar refractivity (Wildman–Crippen MR) is 201 cm³/mol. The SMILES string of the molecule is [2H]c1cc2c(cc1[2H])c1c([2H])c([2H])cc([2H])c1c1c([2H])c(-c3ccc4c(c3)oc3cc(-c5nc(-c6ccccc6)nc(-c6ccccc6)n5)ccc34)c([2H])cc21. The summed E-state index contributed by atoms with van der Waals surface area (Å²) in [6.45, 7) is 0. The lowest BCUT2D eigenvalue weighted by Crippen LogP contribution is -2.00. The predicted octanol–water partition coefficient (Wildman–Crippen LogP) is 11.9. The van der Waals surface area contributed by atoms with E-state index in [4.69, 9.17) is 26.2 Å². The van der Waals surface area contributed by atoms with Crippen LogP contribution in [0.25, 0.3) is 99.5 Å². The molecule has 0 N–H and O–H groups in total. The van der Waals surface area contributed by atoms with Crippen LogP contribution in [0.3, 0.4) is 0 Å². The molecule has 4 heteroatoms. The molecule has 0 saturated heterocycles. The van der Waals surface area contributed by atoms with E-state index < -0.39 is 0 Å². The summed E-state index contributed by atoms with van der Waals surface area (Å²) in [5.41, 5.74) is 4.52. The highest BCUT2D eigenvalue weighted by Crippen LogP contribution is 2.39. The van der Waals surface area contributed by atoms with Gasteiger partial charge in [-0.25, -0.2) is 15.0 Å². The van der Waals surface area contributed by atoms with Gasteiger partial charge < -0.3 is 4.42 Å². The zero-order valence-electron chi connectivity index (χ0n) is 32.8. The summed E-state index contributed by atoms with van der Waals surface area (Å²) >= 11 is 0. The van der Waals surface area contributed by atoms with Crippen LogP contribution in [0.5, 0.6) is 0 Å². The second kappa shape index (κ2) is 11.0. The van der Waals surface area contributed by atoms with Gasteiger partial charge in [0.05, 0.1) is 9.60 Å². The number of hydrogen-bond donors (Lipinski definition) is 0. The van der Waals surface area contributed by atoms with Gasteiger partial charge in [0.15, 0.2) is 17.5 Å². The number of furan rings is 1. The number of nitrogens with zero attached hydrogens (tertiary/aromatic N) is 3. The Morgan fingerprint density at radius 3 is 1.59 bits per heavy atom. The van der Waals surface area contributed by atoms with Crippen LogP contribution in [-0.4, -0.2) is 15.0 Å². The highest BCUT2D eigenvalue weighted by atomic mass is 16.3. The first kappa shape index (κ1) is 21.3. The molecule has 49 heavy (non-hydrogen) atoms. The van der Waals surface area contributed by atoms with Crippen molar-refractivity contribution in [1.29, 1.82) is 0 Å². The van der Waals surface area contributed by atoms with Gasteiger partial charge in [-0.2, -0.15) is 0 Å². The zero-order chi connectivity index (χ0) is 38.4. The minimum absolute atomic E-state index is 0.0115. The molecule has 0 radical (unpaired) electrons. The molecule has 0 aliphatic rings. The van der Waals surface area contributed by atoms with Crippen LogP contribution < -0.4 is 0 Å². The maximum Gasteiger partial charge on any atom is 0.164 e. The van der Waals surface area contributed by atoms with Gasteiger partial charge in [0.1, 0.15) is 11.2 Å². The molecule has 0 saturated carbocycles. The van der Waals surface area contributed by atoms with Crippen molar-refractivity contribution in [2.75, 3.05) is 0 Å². The van der Waals surface area contributed by atoms with Crippen molar-refractivity contribution >= 4 is 54.3 Å². The Morgan fingerprint density at radius 1 is 0.367 bits per heavy atom. The quantitative estimate of drug-likeness (QED) is 0.181. The molecule has 8 aromatic carbocycles. The minimum Gasteiger partial charge on any atom is -0.456 e. The Kier molecular flexibility index (Phi) is 4.76. The summed E-state index contributed by atoms with van der Waals surface area (Å²) in [5.74, 6) is 1.60. The third-order valence-corrected chi connectivity index (χ3v) is 8.95. The van der Waals surface area contributed by atoms with Crippen LogP contribution in [-0.2, 0) is 0 Å². The normalized spacial score (nSPS) is 13.7.